The summed E-state index contributed by atoms with van der Waals surface area (Å²) in [6, 6.07) is 9.82. The molecular formula is C22H30N2O3S2. The normalized spacial score (nSPS) is 15.2. The van der Waals surface area contributed by atoms with E-state index in [-0.39, 0.29) is 17.7 Å². The number of benzene rings is 1. The lowest BCUT2D eigenvalue weighted by Gasteiger charge is -2.29. The minimum atomic E-state index is -3.56. The first-order valence-electron chi connectivity index (χ1n) is 10.3. The molecule has 158 valence electrons. The van der Waals surface area contributed by atoms with Crippen LogP contribution in [-0.2, 0) is 33.4 Å². The number of amides is 1. The third-order valence-corrected chi connectivity index (χ3v) is 7.75. The van der Waals surface area contributed by atoms with Gasteiger partial charge in [0.2, 0.25) is 5.91 Å². The number of thiazole rings is 1. The van der Waals surface area contributed by atoms with Crippen molar-refractivity contribution in [2.75, 3.05) is 5.75 Å². The van der Waals surface area contributed by atoms with Gasteiger partial charge in [-0.15, -0.1) is 11.3 Å². The monoisotopic (exact) mass is 434 g/mol. The molecule has 7 heteroatoms. The van der Waals surface area contributed by atoms with Crippen molar-refractivity contribution in [1.82, 2.24) is 9.88 Å². The van der Waals surface area contributed by atoms with Crippen molar-refractivity contribution in [2.45, 2.75) is 64.3 Å². The number of hydrogen-bond acceptors (Lipinski definition) is 5. The highest BCUT2D eigenvalue weighted by Gasteiger charge is 2.35. The highest BCUT2D eigenvalue weighted by Crippen LogP contribution is 2.35. The zero-order valence-corrected chi connectivity index (χ0v) is 18.8. The quantitative estimate of drug-likeness (QED) is 0.531. The van der Waals surface area contributed by atoms with Crippen LogP contribution in [0.2, 0.25) is 0 Å². The van der Waals surface area contributed by atoms with Crippen LogP contribution in [-0.4, -0.2) is 36.0 Å². The van der Waals surface area contributed by atoms with Gasteiger partial charge < -0.3 is 4.90 Å². The molecule has 1 saturated carbocycles. The standard InChI is InChI=1S/C22H30N2O3S2/c1-3-4-10-21-23-20(14-28-21)15-29(26,27)16-22(25)24(17(2)19-11-12-19)13-18-8-6-5-7-9-18/h5-9,14,17,19H,3-4,10-13,15-16H2,1-2H3. The maximum Gasteiger partial charge on any atom is 0.238 e. The van der Waals surface area contributed by atoms with Crippen molar-refractivity contribution in [2.24, 2.45) is 5.92 Å². The number of carbonyl (C=O) groups is 1. The van der Waals surface area contributed by atoms with Gasteiger partial charge in [0, 0.05) is 18.0 Å². The maximum atomic E-state index is 13.0. The molecule has 0 saturated heterocycles. The topological polar surface area (TPSA) is 67.3 Å². The van der Waals surface area contributed by atoms with Crippen molar-refractivity contribution < 1.29 is 13.2 Å². The molecule has 0 N–H and O–H groups in total. The summed E-state index contributed by atoms with van der Waals surface area (Å²) in [6.45, 7) is 4.60. The molecule has 1 aliphatic carbocycles. The van der Waals surface area contributed by atoms with E-state index in [0.717, 1.165) is 42.7 Å². The molecule has 1 aromatic heterocycles. The van der Waals surface area contributed by atoms with Gasteiger partial charge in [0.1, 0.15) is 5.75 Å². The Bertz CT molecular complexity index is 905. The fourth-order valence-corrected chi connectivity index (χ4v) is 5.67. The third-order valence-electron chi connectivity index (χ3n) is 5.37. The van der Waals surface area contributed by atoms with Crippen LogP contribution < -0.4 is 0 Å². The molecule has 1 aliphatic rings. The summed E-state index contributed by atoms with van der Waals surface area (Å²) in [5, 5.41) is 2.78. The molecule has 1 unspecified atom stereocenters. The molecular weight excluding hydrogens is 404 g/mol. The summed E-state index contributed by atoms with van der Waals surface area (Å²) in [4.78, 5) is 19.2. The van der Waals surface area contributed by atoms with E-state index >= 15 is 0 Å². The minimum absolute atomic E-state index is 0.0535. The average molecular weight is 435 g/mol. The Morgan fingerprint density at radius 1 is 1.28 bits per heavy atom. The van der Waals surface area contributed by atoms with Gasteiger partial charge in [-0.3, -0.25) is 4.79 Å². The third kappa shape index (κ3) is 6.64. The van der Waals surface area contributed by atoms with Gasteiger partial charge in [-0.05, 0) is 44.1 Å². The van der Waals surface area contributed by atoms with Gasteiger partial charge in [-0.1, -0.05) is 43.7 Å². The minimum Gasteiger partial charge on any atom is -0.335 e. The van der Waals surface area contributed by atoms with Crippen molar-refractivity contribution in [3.63, 3.8) is 0 Å². The van der Waals surface area contributed by atoms with Crippen LogP contribution >= 0.6 is 11.3 Å². The fourth-order valence-electron chi connectivity index (χ4n) is 3.48. The number of sulfone groups is 1. The first kappa shape index (κ1) is 22.0. The molecule has 1 heterocycles. The van der Waals surface area contributed by atoms with Gasteiger partial charge in [-0.2, -0.15) is 0 Å². The van der Waals surface area contributed by atoms with Crippen LogP contribution in [0.3, 0.4) is 0 Å². The Morgan fingerprint density at radius 3 is 2.66 bits per heavy atom. The van der Waals surface area contributed by atoms with Gasteiger partial charge >= 0.3 is 0 Å². The van der Waals surface area contributed by atoms with Crippen LogP contribution in [0.15, 0.2) is 35.7 Å². The van der Waals surface area contributed by atoms with Crippen LogP contribution in [0.4, 0.5) is 0 Å². The molecule has 1 aromatic carbocycles. The van der Waals surface area contributed by atoms with E-state index < -0.39 is 15.6 Å². The van der Waals surface area contributed by atoms with Gasteiger partial charge in [-0.25, -0.2) is 13.4 Å². The zero-order chi connectivity index (χ0) is 20.9. The van der Waals surface area contributed by atoms with E-state index in [1.54, 1.807) is 4.90 Å². The molecule has 0 spiro atoms. The number of carbonyl (C=O) groups excluding carboxylic acids is 1. The second kappa shape index (κ2) is 9.85. The average Bonchev–Trinajstić information content (AvgIpc) is 3.45. The van der Waals surface area contributed by atoms with Gasteiger partial charge in [0.15, 0.2) is 9.84 Å². The number of aryl methyl sites for hydroxylation is 1. The van der Waals surface area contributed by atoms with Gasteiger partial charge in [0.25, 0.3) is 0 Å². The summed E-state index contributed by atoms with van der Waals surface area (Å²) in [5.41, 5.74) is 1.57. The van der Waals surface area contributed by atoms with Crippen molar-refractivity contribution >= 4 is 27.1 Å². The Morgan fingerprint density at radius 2 is 2.00 bits per heavy atom. The van der Waals surface area contributed by atoms with Gasteiger partial charge in [0.05, 0.1) is 16.5 Å². The number of rotatable bonds is 11. The molecule has 1 fully saturated rings. The molecule has 0 radical (unpaired) electrons. The Hall–Kier alpha value is -1.73. The summed E-state index contributed by atoms with van der Waals surface area (Å²) in [7, 11) is -3.56. The number of hydrogen-bond donors (Lipinski definition) is 0. The summed E-state index contributed by atoms with van der Waals surface area (Å²) < 4.78 is 25.4. The van der Waals surface area contributed by atoms with Crippen LogP contribution in [0, 0.1) is 5.92 Å². The van der Waals surface area contributed by atoms with E-state index in [0.29, 0.717) is 18.2 Å². The molecule has 5 nitrogen and oxygen atoms in total. The number of unbranched alkanes of at least 4 members (excludes halogenated alkanes) is 1. The molecule has 0 aliphatic heterocycles. The SMILES string of the molecule is CCCCc1nc(CS(=O)(=O)CC(=O)N(Cc2ccccc2)C(C)C2CC2)cs1. The molecule has 2 aromatic rings. The Kier molecular flexibility index (Phi) is 7.46. The van der Waals surface area contributed by atoms with Crippen LogP contribution in [0.5, 0.6) is 0 Å². The Labute approximate surface area is 178 Å². The first-order chi connectivity index (χ1) is 13.9. The second-order valence-electron chi connectivity index (χ2n) is 7.95. The van der Waals surface area contributed by atoms with Crippen molar-refractivity contribution in [3.05, 3.63) is 52.0 Å². The summed E-state index contributed by atoms with van der Waals surface area (Å²) >= 11 is 1.50. The highest BCUT2D eigenvalue weighted by atomic mass is 32.2. The van der Waals surface area contributed by atoms with Crippen LogP contribution in [0.25, 0.3) is 0 Å². The van der Waals surface area contributed by atoms with E-state index in [1.807, 2.05) is 42.6 Å². The predicted octanol–water partition coefficient (Wildman–Crippen LogP) is 4.23. The zero-order valence-electron chi connectivity index (χ0n) is 17.2. The highest BCUT2D eigenvalue weighted by molar-refractivity contribution is 7.91. The molecule has 3 rings (SSSR count). The van der Waals surface area contributed by atoms with Crippen molar-refractivity contribution in [1.29, 1.82) is 0 Å². The molecule has 1 amide bonds. The summed E-state index contributed by atoms with van der Waals surface area (Å²) in [5.74, 6) is -0.462. The van der Waals surface area contributed by atoms with E-state index in [9.17, 15) is 13.2 Å². The lowest BCUT2D eigenvalue weighted by atomic mass is 10.1. The molecule has 29 heavy (non-hydrogen) atoms. The maximum absolute atomic E-state index is 13.0. The predicted molar refractivity (Wildman–Crippen MR) is 117 cm³/mol. The summed E-state index contributed by atoms with van der Waals surface area (Å²) in [6.07, 6.45) is 5.21. The van der Waals surface area contributed by atoms with E-state index in [2.05, 4.69) is 11.9 Å². The first-order valence-corrected chi connectivity index (χ1v) is 13.0. The fraction of sp³-hybridized carbons (Fsp3) is 0.545. The smallest absolute Gasteiger partial charge is 0.238 e. The molecule has 0 bridgehead atoms. The molecule has 1 atom stereocenters. The lowest BCUT2D eigenvalue weighted by molar-refractivity contribution is -0.131. The Balaban J connectivity index is 1.66. The number of aromatic nitrogens is 1. The van der Waals surface area contributed by atoms with E-state index in [1.165, 1.54) is 11.3 Å². The largest absolute Gasteiger partial charge is 0.335 e. The number of nitrogens with zero attached hydrogens (tertiary/aromatic N) is 2. The van der Waals surface area contributed by atoms with E-state index in [4.69, 9.17) is 0 Å². The van der Waals surface area contributed by atoms with Crippen LogP contribution in [0.1, 0.15) is 55.8 Å². The van der Waals surface area contributed by atoms with Crippen molar-refractivity contribution in [3.8, 4) is 0 Å². The second-order valence-corrected chi connectivity index (χ2v) is 11.0. The lowest BCUT2D eigenvalue weighted by Crippen LogP contribution is -2.42.